The highest BCUT2D eigenvalue weighted by Crippen LogP contribution is 2.35. The number of hydrogen-bond donors (Lipinski definition) is 1. The van der Waals surface area contributed by atoms with Crippen molar-refractivity contribution in [2.45, 2.75) is 6.92 Å². The smallest absolute Gasteiger partial charge is 0.338 e. The number of nitrogens with zero attached hydrogens (tertiary/aromatic N) is 4. The number of thiazole rings is 1. The van der Waals surface area contributed by atoms with Crippen LogP contribution in [0.3, 0.4) is 0 Å². The third-order valence-corrected chi connectivity index (χ3v) is 7.57. The van der Waals surface area contributed by atoms with Gasteiger partial charge >= 0.3 is 11.5 Å². The highest BCUT2D eigenvalue weighted by molar-refractivity contribution is 7.15. The van der Waals surface area contributed by atoms with Gasteiger partial charge in [0.1, 0.15) is 11.1 Å². The van der Waals surface area contributed by atoms with E-state index in [0.29, 0.717) is 28.1 Å². The van der Waals surface area contributed by atoms with Crippen LogP contribution < -0.4 is 25.9 Å². The van der Waals surface area contributed by atoms with Crippen LogP contribution >= 0.6 is 11.3 Å². The second kappa shape index (κ2) is 10.8. The van der Waals surface area contributed by atoms with Gasteiger partial charge in [-0.25, -0.2) is 4.79 Å². The van der Waals surface area contributed by atoms with Crippen molar-refractivity contribution in [2.24, 2.45) is 0 Å². The van der Waals surface area contributed by atoms with Gasteiger partial charge in [0.2, 0.25) is 10.9 Å². The number of rotatable bonds is 6. The van der Waals surface area contributed by atoms with Gasteiger partial charge in [0, 0.05) is 16.8 Å². The van der Waals surface area contributed by atoms with Crippen molar-refractivity contribution in [3.8, 4) is 11.3 Å². The molecular weight excluding hydrogens is 558 g/mol. The van der Waals surface area contributed by atoms with E-state index in [9.17, 15) is 24.0 Å². The summed E-state index contributed by atoms with van der Waals surface area (Å²) in [6.07, 6.45) is 0. The zero-order valence-corrected chi connectivity index (χ0v) is 22.9. The Morgan fingerprint density at radius 1 is 0.929 bits per heavy atom. The van der Waals surface area contributed by atoms with Crippen molar-refractivity contribution in [3.05, 3.63) is 115 Å². The standard InChI is InChI=1S/C30H21N5O6S/c1-2-41-29(40)18-12-14-19(15-13-18)31-22(36)16-34-21-11-7-6-10-20(21)23(27(34)38)25-28(39)35-30(42-25)32-26(37)24(33-35)17-8-4-3-5-9-17/h3-15H,2,16H2,1H3,(H,31,36). The van der Waals surface area contributed by atoms with Gasteiger partial charge in [0.05, 0.1) is 23.4 Å². The number of nitrogens with one attached hydrogen (secondary N) is 1. The molecule has 0 fully saturated rings. The summed E-state index contributed by atoms with van der Waals surface area (Å²) in [7, 11) is 0. The Labute approximate surface area is 241 Å². The minimum atomic E-state index is -0.592. The minimum absolute atomic E-state index is 0.0197. The van der Waals surface area contributed by atoms with Crippen LogP contribution in [-0.2, 0) is 14.3 Å². The fraction of sp³-hybridized carbons (Fsp3) is 0.100. The predicted molar refractivity (Wildman–Crippen MR) is 156 cm³/mol. The molecule has 0 bridgehead atoms. The Morgan fingerprint density at radius 2 is 1.64 bits per heavy atom. The maximum absolute atomic E-state index is 13.7. The maximum Gasteiger partial charge on any atom is 0.338 e. The highest BCUT2D eigenvalue weighted by Gasteiger charge is 2.35. The molecule has 3 aromatic carbocycles. The van der Waals surface area contributed by atoms with Crippen molar-refractivity contribution in [2.75, 3.05) is 23.4 Å². The van der Waals surface area contributed by atoms with E-state index in [4.69, 9.17) is 4.74 Å². The van der Waals surface area contributed by atoms with Crippen LogP contribution in [0.5, 0.6) is 0 Å². The molecule has 0 atom stereocenters. The Bertz CT molecular complexity index is 2050. The van der Waals surface area contributed by atoms with Gasteiger partial charge < -0.3 is 10.1 Å². The van der Waals surface area contributed by atoms with Gasteiger partial charge in [-0.1, -0.05) is 59.9 Å². The normalized spacial score (nSPS) is 13.7. The van der Waals surface area contributed by atoms with Gasteiger partial charge in [0.15, 0.2) is 5.69 Å². The van der Waals surface area contributed by atoms with E-state index in [0.717, 1.165) is 15.9 Å². The molecule has 6 rings (SSSR count). The van der Waals surface area contributed by atoms with E-state index < -0.39 is 28.9 Å². The summed E-state index contributed by atoms with van der Waals surface area (Å²) in [6, 6.07) is 21.7. The molecule has 0 radical (unpaired) electrons. The molecule has 12 heteroatoms. The largest absolute Gasteiger partial charge is 0.462 e. The molecule has 2 aromatic heterocycles. The molecule has 0 aliphatic carbocycles. The van der Waals surface area contributed by atoms with E-state index in [1.54, 1.807) is 73.7 Å². The number of fused-ring (bicyclic) bond motifs is 2. The Morgan fingerprint density at radius 3 is 2.38 bits per heavy atom. The number of hydrogen-bond acceptors (Lipinski definition) is 9. The molecule has 11 nitrogen and oxygen atoms in total. The third-order valence-electron chi connectivity index (χ3n) is 6.54. The first-order chi connectivity index (χ1) is 20.4. The van der Waals surface area contributed by atoms with Gasteiger partial charge in [-0.3, -0.25) is 24.1 Å². The molecule has 0 unspecified atom stereocenters. The summed E-state index contributed by atoms with van der Waals surface area (Å²) in [4.78, 5) is 70.2. The molecule has 3 heterocycles. The maximum atomic E-state index is 13.7. The Hall–Kier alpha value is -5.49. The second-order valence-corrected chi connectivity index (χ2v) is 10.2. The zero-order chi connectivity index (χ0) is 29.4. The second-order valence-electron chi connectivity index (χ2n) is 9.19. The predicted octanol–water partition coefficient (Wildman–Crippen LogP) is 2.26. The molecule has 1 aliphatic heterocycles. The summed E-state index contributed by atoms with van der Waals surface area (Å²) < 4.78 is 6.06. The molecule has 1 N–H and O–H groups in total. The minimum Gasteiger partial charge on any atom is -0.462 e. The van der Waals surface area contributed by atoms with Crippen molar-refractivity contribution < 1.29 is 19.1 Å². The van der Waals surface area contributed by atoms with Crippen LogP contribution in [0.1, 0.15) is 22.8 Å². The lowest BCUT2D eigenvalue weighted by atomic mass is 10.1. The molecule has 5 aromatic rings. The van der Waals surface area contributed by atoms with Gasteiger partial charge in [-0.05, 0) is 37.3 Å². The number of amides is 2. The summed E-state index contributed by atoms with van der Waals surface area (Å²) in [5, 5.41) is 6.99. The van der Waals surface area contributed by atoms with E-state index in [2.05, 4.69) is 15.4 Å². The third kappa shape index (κ3) is 4.73. The SMILES string of the molecule is CCOC(=O)c1ccc(NC(=O)CN2C(=O)C(=c3sc4nc(=O)c(-c5ccccc5)nn4c3=O)c3ccccc32)cc1. The van der Waals surface area contributed by atoms with Crippen molar-refractivity contribution in [1.82, 2.24) is 14.6 Å². The molecule has 0 saturated heterocycles. The number of ether oxygens (including phenoxy) is 1. The van der Waals surface area contributed by atoms with E-state index in [1.807, 2.05) is 0 Å². The Kier molecular flexibility index (Phi) is 6.88. The average molecular weight is 580 g/mol. The first-order valence-corrected chi connectivity index (χ1v) is 13.7. The molecule has 2 amide bonds. The van der Waals surface area contributed by atoms with Crippen LogP contribution in [0, 0.1) is 0 Å². The number of aromatic nitrogens is 3. The molecule has 0 spiro atoms. The summed E-state index contributed by atoms with van der Waals surface area (Å²) >= 11 is 0.891. The van der Waals surface area contributed by atoms with Crippen molar-refractivity contribution in [3.63, 3.8) is 0 Å². The lowest BCUT2D eigenvalue weighted by Gasteiger charge is -2.16. The van der Waals surface area contributed by atoms with Gasteiger partial charge in [0.25, 0.3) is 11.5 Å². The number of carbonyl (C=O) groups is 3. The number of esters is 1. The summed E-state index contributed by atoms with van der Waals surface area (Å²) in [5.74, 6) is -1.50. The molecule has 42 heavy (non-hydrogen) atoms. The van der Waals surface area contributed by atoms with Crippen LogP contribution in [0.15, 0.2) is 88.5 Å². The highest BCUT2D eigenvalue weighted by atomic mass is 32.1. The quantitative estimate of drug-likeness (QED) is 0.302. The first kappa shape index (κ1) is 26.7. The molecule has 0 saturated carbocycles. The van der Waals surface area contributed by atoms with Gasteiger partial charge in [-0.2, -0.15) is 14.6 Å². The van der Waals surface area contributed by atoms with E-state index in [-0.39, 0.29) is 33.9 Å². The zero-order valence-electron chi connectivity index (χ0n) is 22.1. The number of carbonyl (C=O) groups excluding carboxylic acids is 3. The van der Waals surface area contributed by atoms with Crippen LogP contribution in [0.2, 0.25) is 0 Å². The lowest BCUT2D eigenvalue weighted by Crippen LogP contribution is -2.37. The number of benzene rings is 3. The molecule has 1 aliphatic rings. The number of para-hydroxylation sites is 1. The topological polar surface area (TPSA) is 140 Å². The first-order valence-electron chi connectivity index (χ1n) is 12.9. The fourth-order valence-corrected chi connectivity index (χ4v) is 5.64. The van der Waals surface area contributed by atoms with Crippen molar-refractivity contribution >= 4 is 51.0 Å². The summed E-state index contributed by atoms with van der Waals surface area (Å²) in [6.45, 7) is 1.63. The van der Waals surface area contributed by atoms with Crippen LogP contribution in [-0.4, -0.2) is 45.5 Å². The summed E-state index contributed by atoms with van der Waals surface area (Å²) in [5.41, 5.74) is 1.16. The lowest BCUT2D eigenvalue weighted by molar-refractivity contribution is -0.118. The van der Waals surface area contributed by atoms with Gasteiger partial charge in [-0.15, -0.1) is 0 Å². The van der Waals surface area contributed by atoms with E-state index in [1.165, 1.54) is 17.0 Å². The van der Waals surface area contributed by atoms with Crippen LogP contribution in [0.4, 0.5) is 11.4 Å². The van der Waals surface area contributed by atoms with Crippen molar-refractivity contribution in [1.29, 1.82) is 0 Å². The number of anilines is 2. The fourth-order valence-electron chi connectivity index (χ4n) is 4.64. The molecular formula is C30H21N5O6S. The average Bonchev–Trinajstić information content (AvgIpc) is 3.45. The monoisotopic (exact) mass is 579 g/mol. The molecule has 208 valence electrons. The Balaban J connectivity index is 1.34. The van der Waals surface area contributed by atoms with Crippen LogP contribution in [0.25, 0.3) is 21.8 Å². The van der Waals surface area contributed by atoms with E-state index >= 15 is 0 Å².